The Labute approximate surface area is 161 Å². The minimum Gasteiger partial charge on any atom is -0.343 e. The fourth-order valence-electron chi connectivity index (χ4n) is 1.79. The maximum absolute atomic E-state index is 3.72. The fraction of sp³-hybridized carbons (Fsp3) is 0.545. The Morgan fingerprint density at radius 1 is 0.652 bits per heavy atom. The first-order chi connectivity index (χ1) is 10.8. The number of rotatable bonds is 8. The van der Waals surface area contributed by atoms with Crippen LogP contribution in [0.4, 0.5) is 0 Å². The van der Waals surface area contributed by atoms with Crippen molar-refractivity contribution >= 4 is 0 Å². The van der Waals surface area contributed by atoms with Gasteiger partial charge in [0.1, 0.15) is 0 Å². The molecule has 0 unspecified atom stereocenters. The van der Waals surface area contributed by atoms with Crippen LogP contribution in [-0.2, 0) is 21.1 Å². The summed E-state index contributed by atoms with van der Waals surface area (Å²) < 4.78 is 0. The average molecular weight is 498 g/mol. The van der Waals surface area contributed by atoms with E-state index in [1.807, 2.05) is 12.2 Å². The third kappa shape index (κ3) is 34.1. The van der Waals surface area contributed by atoms with Crippen LogP contribution in [0.5, 0.6) is 0 Å². The van der Waals surface area contributed by atoms with Gasteiger partial charge < -0.3 is 13.8 Å². The molecule has 0 aliphatic heterocycles. The summed E-state index contributed by atoms with van der Waals surface area (Å²) in [7, 11) is 0. The van der Waals surface area contributed by atoms with Crippen LogP contribution in [0.2, 0.25) is 0 Å². The number of hydrogen-bond acceptors (Lipinski definition) is 0. The van der Waals surface area contributed by atoms with Crippen LogP contribution in [0.1, 0.15) is 77.0 Å². The second-order valence-electron chi connectivity index (χ2n) is 5.37. The van der Waals surface area contributed by atoms with Crippen molar-refractivity contribution in [2.24, 2.45) is 0 Å². The van der Waals surface area contributed by atoms with Crippen molar-refractivity contribution in [3.05, 3.63) is 63.5 Å². The summed E-state index contributed by atoms with van der Waals surface area (Å²) in [5, 5.41) is 0. The van der Waals surface area contributed by atoms with E-state index in [4.69, 9.17) is 0 Å². The van der Waals surface area contributed by atoms with Crippen LogP contribution in [0, 0.1) is 13.8 Å². The zero-order chi connectivity index (χ0) is 16.7. The van der Waals surface area contributed by atoms with Crippen LogP contribution >= 0.6 is 0 Å². The normalized spacial score (nSPS) is 15.0. The Morgan fingerprint density at radius 2 is 0.957 bits per heavy atom. The molecule has 0 saturated heterocycles. The first-order valence-electron chi connectivity index (χ1n) is 8.93. The van der Waals surface area contributed by atoms with Gasteiger partial charge in [-0.3, -0.25) is 0 Å². The molecule has 1 aliphatic carbocycles. The minimum atomic E-state index is 0. The summed E-state index contributed by atoms with van der Waals surface area (Å²) in [6.07, 6.45) is 27.3. The van der Waals surface area contributed by atoms with E-state index in [0.717, 1.165) is 25.7 Å². The molecule has 0 radical (unpaired) electrons. The minimum absolute atomic E-state index is 0. The van der Waals surface area contributed by atoms with E-state index in [-0.39, 0.29) is 21.1 Å². The molecule has 0 nitrogen and oxygen atoms in total. The molecule has 0 atom stereocenters. The number of allylic oxidation sites excluding steroid dienone is 6. The Hall–Kier alpha value is -0.352. The van der Waals surface area contributed by atoms with Gasteiger partial charge in [-0.1, -0.05) is 62.1 Å². The molecule has 0 fully saturated rings. The summed E-state index contributed by atoms with van der Waals surface area (Å²) >= 11 is 0. The maximum atomic E-state index is 3.72. The Bertz CT molecular complexity index is 223. The van der Waals surface area contributed by atoms with Crippen molar-refractivity contribution < 1.29 is 21.1 Å². The summed E-state index contributed by atoms with van der Waals surface area (Å²) in [6, 6.07) is 0. The largest absolute Gasteiger partial charge is 2.00 e. The first kappa shape index (κ1) is 27.5. The Kier molecular flexibility index (Phi) is 35.4. The molecule has 0 heterocycles. The van der Waals surface area contributed by atoms with Gasteiger partial charge in [-0.2, -0.15) is 12.8 Å². The summed E-state index contributed by atoms with van der Waals surface area (Å²) in [5.41, 5.74) is 0. The third-order valence-corrected chi connectivity index (χ3v) is 3.15. The molecule has 0 saturated carbocycles. The van der Waals surface area contributed by atoms with E-state index in [1.165, 1.54) is 51.4 Å². The number of unbranched alkanes of at least 4 members (excludes halogenated alkanes) is 6. The molecule has 0 amide bonds. The SMILES string of the molecule is C1=C\CC/C=C\CC/1.C=CCCCC[CH2-].C=CCCCC[CH2-].[Pt+2]. The molecule has 23 heavy (non-hydrogen) atoms. The monoisotopic (exact) mass is 497 g/mol. The van der Waals surface area contributed by atoms with Gasteiger partial charge in [-0.25, -0.2) is 0 Å². The summed E-state index contributed by atoms with van der Waals surface area (Å²) in [4.78, 5) is 0. The van der Waals surface area contributed by atoms with Crippen molar-refractivity contribution in [1.29, 1.82) is 0 Å². The van der Waals surface area contributed by atoms with Gasteiger partial charge in [0.2, 0.25) is 0 Å². The molecule has 136 valence electrons. The van der Waals surface area contributed by atoms with E-state index in [2.05, 4.69) is 51.3 Å². The predicted octanol–water partition coefficient (Wildman–Crippen LogP) is 7.80. The fourth-order valence-corrected chi connectivity index (χ4v) is 1.79. The van der Waals surface area contributed by atoms with Gasteiger partial charge in [0, 0.05) is 0 Å². The second kappa shape index (κ2) is 29.6. The molecular formula is C22H38Pt. The van der Waals surface area contributed by atoms with Gasteiger partial charge in [-0.15, -0.1) is 13.2 Å². The molecule has 0 bridgehead atoms. The molecular weight excluding hydrogens is 459 g/mol. The van der Waals surface area contributed by atoms with Crippen molar-refractivity contribution in [2.75, 3.05) is 0 Å². The van der Waals surface area contributed by atoms with Crippen LogP contribution in [0.15, 0.2) is 49.6 Å². The first-order valence-corrected chi connectivity index (χ1v) is 8.93. The van der Waals surface area contributed by atoms with Gasteiger partial charge >= 0.3 is 21.1 Å². The quantitative estimate of drug-likeness (QED) is 0.182. The third-order valence-electron chi connectivity index (χ3n) is 3.15. The predicted molar refractivity (Wildman–Crippen MR) is 105 cm³/mol. The van der Waals surface area contributed by atoms with Crippen LogP contribution in [-0.4, -0.2) is 0 Å². The smallest absolute Gasteiger partial charge is 0.343 e. The molecule has 0 aromatic carbocycles. The molecule has 1 aliphatic rings. The van der Waals surface area contributed by atoms with E-state index in [1.54, 1.807) is 0 Å². The summed E-state index contributed by atoms with van der Waals surface area (Å²) in [5.74, 6) is 0. The summed E-state index contributed by atoms with van der Waals surface area (Å²) in [6.45, 7) is 14.7. The molecule has 0 aromatic heterocycles. The van der Waals surface area contributed by atoms with Crippen molar-refractivity contribution in [2.45, 2.75) is 77.0 Å². The van der Waals surface area contributed by atoms with Gasteiger partial charge in [0.05, 0.1) is 0 Å². The van der Waals surface area contributed by atoms with Crippen LogP contribution < -0.4 is 0 Å². The maximum Gasteiger partial charge on any atom is 2.00 e. The van der Waals surface area contributed by atoms with E-state index in [0.29, 0.717) is 0 Å². The zero-order valence-electron chi connectivity index (χ0n) is 15.1. The van der Waals surface area contributed by atoms with Crippen LogP contribution in [0.3, 0.4) is 0 Å². The van der Waals surface area contributed by atoms with Crippen molar-refractivity contribution in [1.82, 2.24) is 0 Å². The van der Waals surface area contributed by atoms with Gasteiger partial charge in [0.25, 0.3) is 0 Å². The van der Waals surface area contributed by atoms with E-state index < -0.39 is 0 Å². The zero-order valence-corrected chi connectivity index (χ0v) is 17.4. The van der Waals surface area contributed by atoms with Crippen LogP contribution in [0.25, 0.3) is 0 Å². The van der Waals surface area contributed by atoms with Gasteiger partial charge in [0.15, 0.2) is 0 Å². The van der Waals surface area contributed by atoms with Gasteiger partial charge in [-0.05, 0) is 38.5 Å². The molecule has 1 heteroatoms. The average Bonchev–Trinajstić information content (AvgIpc) is 2.49. The van der Waals surface area contributed by atoms with Crippen molar-refractivity contribution in [3.8, 4) is 0 Å². The molecule has 1 rings (SSSR count). The standard InChI is InChI=1S/C8H12.2C7H13.Pt/c1-2-4-6-8-7-5-3-1;2*1-3-5-7-6-4-2;/h1-2,7-8H,3-6H2;2*3H,1-2,4-7H2;/q;2*-1;+2/b2-1-,8-7-;;;. The number of hydrogen-bond donors (Lipinski definition) is 0. The Morgan fingerprint density at radius 3 is 1.17 bits per heavy atom. The molecule has 0 spiro atoms. The molecule has 0 aromatic rings. The van der Waals surface area contributed by atoms with Crippen molar-refractivity contribution in [3.63, 3.8) is 0 Å². The second-order valence-corrected chi connectivity index (χ2v) is 5.37. The molecule has 0 N–H and O–H groups in total. The van der Waals surface area contributed by atoms with E-state index >= 15 is 0 Å². The topological polar surface area (TPSA) is 0 Å². The Balaban J connectivity index is -0.000000257. The van der Waals surface area contributed by atoms with E-state index in [9.17, 15) is 0 Å².